The molecule has 6 nitrogen and oxygen atoms in total. The van der Waals surface area contributed by atoms with Gasteiger partial charge in [-0.3, -0.25) is 4.99 Å². The van der Waals surface area contributed by atoms with Gasteiger partial charge in [-0.15, -0.1) is 0 Å². The van der Waals surface area contributed by atoms with E-state index >= 15 is 0 Å². The number of rotatable bonds is 10. The van der Waals surface area contributed by atoms with Gasteiger partial charge in [-0.05, 0) is 38.6 Å². The molecule has 25 heavy (non-hydrogen) atoms. The maximum Gasteiger partial charge on any atom is 0.193 e. The molecule has 2 aliphatic rings. The minimum Gasteiger partial charge on any atom is -0.379 e. The average molecular weight is 354 g/mol. The molecule has 1 saturated carbocycles. The first kappa shape index (κ1) is 20.5. The van der Waals surface area contributed by atoms with E-state index in [1.54, 1.807) is 0 Å². The van der Waals surface area contributed by atoms with Crippen LogP contribution in [0.15, 0.2) is 4.99 Å². The van der Waals surface area contributed by atoms with E-state index in [2.05, 4.69) is 48.0 Å². The first-order chi connectivity index (χ1) is 12.1. The highest BCUT2D eigenvalue weighted by Gasteiger charge is 2.21. The molecule has 6 heteroatoms. The van der Waals surface area contributed by atoms with Crippen LogP contribution in [-0.2, 0) is 4.74 Å². The molecule has 1 saturated heterocycles. The Morgan fingerprint density at radius 3 is 2.64 bits per heavy atom. The number of ether oxygens (including phenoxy) is 1. The summed E-state index contributed by atoms with van der Waals surface area (Å²) in [6.07, 6.45) is 2.70. The first-order valence-electron chi connectivity index (χ1n) is 10.1. The van der Waals surface area contributed by atoms with Crippen LogP contribution in [0, 0.1) is 11.8 Å². The van der Waals surface area contributed by atoms with Gasteiger partial charge in [-0.25, -0.2) is 0 Å². The Morgan fingerprint density at radius 2 is 2.00 bits per heavy atom. The van der Waals surface area contributed by atoms with Crippen LogP contribution in [0.1, 0.15) is 26.7 Å². The van der Waals surface area contributed by atoms with Crippen molar-refractivity contribution < 1.29 is 4.74 Å². The first-order valence-corrected chi connectivity index (χ1v) is 10.1. The van der Waals surface area contributed by atoms with E-state index in [4.69, 9.17) is 9.73 Å². The van der Waals surface area contributed by atoms with Crippen LogP contribution in [-0.4, -0.2) is 100 Å². The Bertz CT molecular complexity index is 391. The average Bonchev–Trinajstić information content (AvgIpc) is 3.41. The standard InChI is InChI=1S/C19H39N5O/c1-5-20-19(23(4)12-13-25-16-18-6-7-18)21-14-17(2)15-24-10-8-22(3)9-11-24/h17-18H,5-16H2,1-4H3,(H,20,21). The van der Waals surface area contributed by atoms with Crippen molar-refractivity contribution in [2.75, 3.05) is 79.7 Å². The predicted octanol–water partition coefficient (Wildman–Crippen LogP) is 1.19. The molecule has 1 unspecified atom stereocenters. The molecule has 0 aromatic carbocycles. The van der Waals surface area contributed by atoms with Gasteiger partial charge >= 0.3 is 0 Å². The lowest BCUT2D eigenvalue weighted by Crippen LogP contribution is -2.46. The highest BCUT2D eigenvalue weighted by Crippen LogP contribution is 2.28. The number of piperazine rings is 1. The number of guanidine groups is 1. The smallest absolute Gasteiger partial charge is 0.193 e. The van der Waals surface area contributed by atoms with E-state index in [9.17, 15) is 0 Å². The second-order valence-corrected chi connectivity index (χ2v) is 7.84. The van der Waals surface area contributed by atoms with Crippen LogP contribution in [0.4, 0.5) is 0 Å². The second kappa shape index (κ2) is 11.0. The van der Waals surface area contributed by atoms with E-state index in [0.29, 0.717) is 5.92 Å². The summed E-state index contributed by atoms with van der Waals surface area (Å²) >= 11 is 0. The number of likely N-dealkylation sites (N-methyl/N-ethyl adjacent to an activating group) is 2. The SMILES string of the molecule is CCNC(=NCC(C)CN1CCN(C)CC1)N(C)CCOCC1CC1. The van der Waals surface area contributed by atoms with E-state index in [-0.39, 0.29) is 0 Å². The molecule has 146 valence electrons. The highest BCUT2D eigenvalue weighted by molar-refractivity contribution is 5.79. The summed E-state index contributed by atoms with van der Waals surface area (Å²) in [7, 11) is 4.31. The van der Waals surface area contributed by atoms with Gasteiger partial charge in [0.2, 0.25) is 0 Å². The highest BCUT2D eigenvalue weighted by atomic mass is 16.5. The van der Waals surface area contributed by atoms with Gasteiger partial charge in [-0.2, -0.15) is 0 Å². The maximum absolute atomic E-state index is 5.76. The number of hydrogen-bond acceptors (Lipinski definition) is 4. The zero-order valence-electron chi connectivity index (χ0n) is 16.8. The molecular weight excluding hydrogens is 314 g/mol. The van der Waals surface area contributed by atoms with E-state index in [1.165, 1.54) is 39.0 Å². The Kier molecular flexibility index (Phi) is 8.99. The molecule has 1 aliphatic carbocycles. The zero-order valence-corrected chi connectivity index (χ0v) is 16.8. The Labute approximate surface area is 154 Å². The molecule has 1 atom stereocenters. The lowest BCUT2D eigenvalue weighted by atomic mass is 10.1. The summed E-state index contributed by atoms with van der Waals surface area (Å²) in [6.45, 7) is 14.7. The van der Waals surface area contributed by atoms with Crippen molar-refractivity contribution in [3.8, 4) is 0 Å². The maximum atomic E-state index is 5.76. The van der Waals surface area contributed by atoms with Crippen molar-refractivity contribution in [3.63, 3.8) is 0 Å². The number of hydrogen-bond donors (Lipinski definition) is 1. The third-order valence-corrected chi connectivity index (χ3v) is 5.04. The van der Waals surface area contributed by atoms with Crippen LogP contribution < -0.4 is 5.32 Å². The minimum atomic E-state index is 0.580. The largest absolute Gasteiger partial charge is 0.379 e. The molecule has 2 fully saturated rings. The zero-order chi connectivity index (χ0) is 18.1. The van der Waals surface area contributed by atoms with Crippen LogP contribution in [0.3, 0.4) is 0 Å². The Morgan fingerprint density at radius 1 is 1.28 bits per heavy atom. The van der Waals surface area contributed by atoms with Crippen molar-refractivity contribution in [1.82, 2.24) is 20.0 Å². The van der Waals surface area contributed by atoms with Gasteiger partial charge in [0.05, 0.1) is 6.61 Å². The summed E-state index contributed by atoms with van der Waals surface area (Å²) in [5.41, 5.74) is 0. The summed E-state index contributed by atoms with van der Waals surface area (Å²) in [5, 5.41) is 3.41. The summed E-state index contributed by atoms with van der Waals surface area (Å²) in [5.74, 6) is 2.42. The molecule has 1 aliphatic heterocycles. The van der Waals surface area contributed by atoms with Crippen LogP contribution in [0.2, 0.25) is 0 Å². The summed E-state index contributed by atoms with van der Waals surface area (Å²) in [6, 6.07) is 0. The lowest BCUT2D eigenvalue weighted by molar-refractivity contribution is 0.115. The number of aliphatic imine (C=N–C) groups is 1. The van der Waals surface area contributed by atoms with Gasteiger partial charge in [0.15, 0.2) is 5.96 Å². The molecule has 0 amide bonds. The molecule has 1 N–H and O–H groups in total. The van der Waals surface area contributed by atoms with Crippen LogP contribution in [0.5, 0.6) is 0 Å². The minimum absolute atomic E-state index is 0.580. The summed E-state index contributed by atoms with van der Waals surface area (Å²) < 4.78 is 5.76. The van der Waals surface area contributed by atoms with Gasteiger partial charge in [-0.1, -0.05) is 6.92 Å². The lowest BCUT2D eigenvalue weighted by Gasteiger charge is -2.33. The molecular formula is C19H39N5O. The van der Waals surface area contributed by atoms with Crippen molar-refractivity contribution in [2.24, 2.45) is 16.8 Å². The van der Waals surface area contributed by atoms with Gasteiger partial charge < -0.3 is 24.8 Å². The fourth-order valence-electron chi connectivity index (χ4n) is 3.08. The molecule has 1 heterocycles. The quantitative estimate of drug-likeness (QED) is 0.363. The van der Waals surface area contributed by atoms with Crippen molar-refractivity contribution in [2.45, 2.75) is 26.7 Å². The van der Waals surface area contributed by atoms with Crippen molar-refractivity contribution in [1.29, 1.82) is 0 Å². The predicted molar refractivity (Wildman–Crippen MR) is 105 cm³/mol. The van der Waals surface area contributed by atoms with Gasteiger partial charge in [0, 0.05) is 66.0 Å². The molecule has 0 aromatic rings. The molecule has 0 spiro atoms. The number of nitrogens with zero attached hydrogens (tertiary/aromatic N) is 4. The Hall–Kier alpha value is -0.850. The second-order valence-electron chi connectivity index (χ2n) is 7.84. The normalized spacial score (nSPS) is 21.4. The van der Waals surface area contributed by atoms with Crippen molar-refractivity contribution >= 4 is 5.96 Å². The molecule has 0 bridgehead atoms. The molecule has 0 aromatic heterocycles. The van der Waals surface area contributed by atoms with Crippen LogP contribution in [0.25, 0.3) is 0 Å². The third-order valence-electron chi connectivity index (χ3n) is 5.04. The topological polar surface area (TPSA) is 43.3 Å². The van der Waals surface area contributed by atoms with E-state index in [1.807, 2.05) is 0 Å². The fraction of sp³-hybridized carbons (Fsp3) is 0.947. The van der Waals surface area contributed by atoms with E-state index in [0.717, 1.165) is 51.3 Å². The molecule has 2 rings (SSSR count). The van der Waals surface area contributed by atoms with Gasteiger partial charge in [0.25, 0.3) is 0 Å². The van der Waals surface area contributed by atoms with Crippen LogP contribution >= 0.6 is 0 Å². The van der Waals surface area contributed by atoms with Crippen molar-refractivity contribution in [3.05, 3.63) is 0 Å². The monoisotopic (exact) mass is 353 g/mol. The van der Waals surface area contributed by atoms with E-state index < -0.39 is 0 Å². The van der Waals surface area contributed by atoms with Gasteiger partial charge in [0.1, 0.15) is 0 Å². The molecule has 0 radical (unpaired) electrons. The third kappa shape index (κ3) is 8.38. The Balaban J connectivity index is 1.68. The number of nitrogens with one attached hydrogen (secondary N) is 1. The summed E-state index contributed by atoms with van der Waals surface area (Å²) in [4.78, 5) is 12.0. The fourth-order valence-corrected chi connectivity index (χ4v) is 3.08.